The summed E-state index contributed by atoms with van der Waals surface area (Å²) >= 11 is 1.03. The fourth-order valence-corrected chi connectivity index (χ4v) is 7.88. The lowest BCUT2D eigenvalue weighted by Gasteiger charge is -2.25. The molecular weight excluding hydrogens is 699 g/mol. The van der Waals surface area contributed by atoms with Gasteiger partial charge in [-0.2, -0.15) is 4.58 Å². The van der Waals surface area contributed by atoms with Crippen LogP contribution in [0.1, 0.15) is 84.3 Å². The molecule has 274 valence electrons. The highest BCUT2D eigenvalue weighted by atomic mass is 32.2. The van der Waals surface area contributed by atoms with Gasteiger partial charge in [-0.15, -0.1) is 9.40 Å². The van der Waals surface area contributed by atoms with E-state index in [-0.39, 0.29) is 24.2 Å². The van der Waals surface area contributed by atoms with Crippen molar-refractivity contribution in [3.63, 3.8) is 0 Å². The summed E-state index contributed by atoms with van der Waals surface area (Å²) < 4.78 is 42.8. The number of carbonyl (C=O) groups excluding carboxylic acids is 3. The number of hydroxylamine groups is 2. The first-order valence-electron chi connectivity index (χ1n) is 16.8. The van der Waals surface area contributed by atoms with Crippen molar-refractivity contribution < 1.29 is 51.0 Å². The van der Waals surface area contributed by atoms with E-state index in [0.717, 1.165) is 57.3 Å². The zero-order valence-corrected chi connectivity index (χ0v) is 31.2. The molecule has 0 radical (unpaired) electrons. The molecule has 3 aliphatic rings. The Morgan fingerprint density at radius 1 is 1.00 bits per heavy atom. The van der Waals surface area contributed by atoms with Gasteiger partial charge in [-0.3, -0.25) is 9.59 Å². The maximum atomic E-state index is 12.3. The van der Waals surface area contributed by atoms with E-state index in [2.05, 4.69) is 45.4 Å². The Morgan fingerprint density at radius 3 is 2.39 bits per heavy atom. The Morgan fingerprint density at radius 2 is 1.73 bits per heavy atom. The molecule has 1 fully saturated rings. The fourth-order valence-electron chi connectivity index (χ4n) is 6.93. The minimum Gasteiger partial charge on any atom is -0.744 e. The van der Waals surface area contributed by atoms with Crippen LogP contribution in [0, 0.1) is 0 Å². The van der Waals surface area contributed by atoms with E-state index in [0.29, 0.717) is 31.0 Å². The lowest BCUT2D eigenvalue weighted by atomic mass is 9.81. The normalized spacial score (nSPS) is 18.8. The highest BCUT2D eigenvalue weighted by Gasteiger charge is 2.45. The maximum Gasteiger partial charge on any atom is 0.333 e. The summed E-state index contributed by atoms with van der Waals surface area (Å²) in [5.41, 5.74) is 4.78. The van der Waals surface area contributed by atoms with Crippen LogP contribution in [0.3, 0.4) is 0 Å². The number of allylic oxidation sites excluding steroid dienone is 4. The number of benzene rings is 2. The lowest BCUT2D eigenvalue weighted by Crippen LogP contribution is -2.31. The third-order valence-electron chi connectivity index (χ3n) is 9.53. The summed E-state index contributed by atoms with van der Waals surface area (Å²) in [5, 5.41) is 5.16. The van der Waals surface area contributed by atoms with Crippen LogP contribution in [-0.2, 0) is 54.4 Å². The van der Waals surface area contributed by atoms with Crippen molar-refractivity contribution in [2.75, 3.05) is 25.1 Å². The van der Waals surface area contributed by atoms with Crippen LogP contribution in [0.25, 0.3) is 0 Å². The number of anilines is 1. The van der Waals surface area contributed by atoms with E-state index in [1.807, 2.05) is 45.1 Å². The van der Waals surface area contributed by atoms with Crippen molar-refractivity contribution in [1.29, 1.82) is 0 Å². The molecule has 3 aliphatic heterocycles. The molecule has 51 heavy (non-hydrogen) atoms. The summed E-state index contributed by atoms with van der Waals surface area (Å²) in [7, 11) is -3.25. The van der Waals surface area contributed by atoms with Gasteiger partial charge < -0.3 is 14.3 Å². The molecule has 0 spiro atoms. The average molecular weight is 742 g/mol. The van der Waals surface area contributed by atoms with Crippen molar-refractivity contribution in [2.45, 2.75) is 93.8 Å². The van der Waals surface area contributed by atoms with Gasteiger partial charge in [0, 0.05) is 71.6 Å². The predicted molar refractivity (Wildman–Crippen MR) is 188 cm³/mol. The van der Waals surface area contributed by atoms with Crippen LogP contribution in [0.15, 0.2) is 70.1 Å². The van der Waals surface area contributed by atoms with E-state index in [1.54, 1.807) is 6.07 Å². The first-order chi connectivity index (χ1) is 24.1. The summed E-state index contributed by atoms with van der Waals surface area (Å²) in [6, 6.07) is 10.6. The number of hydrogen-bond acceptors (Lipinski definition) is 12. The molecule has 2 amide bonds. The van der Waals surface area contributed by atoms with Crippen LogP contribution >= 0.6 is 12.0 Å². The molecule has 0 saturated carbocycles. The number of imide groups is 1. The number of hydrogen-bond donors (Lipinski definition) is 0. The summed E-state index contributed by atoms with van der Waals surface area (Å²) in [5.74, 6) is -1.60. The molecule has 1 saturated heterocycles. The number of rotatable bonds is 15. The van der Waals surface area contributed by atoms with Crippen LogP contribution in [-0.4, -0.2) is 66.3 Å². The highest BCUT2D eigenvalue weighted by Crippen LogP contribution is 2.48. The summed E-state index contributed by atoms with van der Waals surface area (Å²) in [4.78, 5) is 48.1. The number of nitrogens with zero attached hydrogens (tertiary/aromatic N) is 3. The molecule has 0 N–H and O–H groups in total. The second-order valence-corrected chi connectivity index (χ2v) is 15.6. The molecule has 0 aliphatic carbocycles. The summed E-state index contributed by atoms with van der Waals surface area (Å²) in [6.07, 6.45) is 8.31. The van der Waals surface area contributed by atoms with Crippen LogP contribution in [0.2, 0.25) is 0 Å². The topological polar surface area (TPSA) is 155 Å². The van der Waals surface area contributed by atoms with Gasteiger partial charge in [0.2, 0.25) is 5.69 Å². The van der Waals surface area contributed by atoms with Crippen LogP contribution in [0.5, 0.6) is 0 Å². The van der Waals surface area contributed by atoms with E-state index in [4.69, 9.17) is 9.17 Å². The number of fused-ring (bicyclic) bond motifs is 2. The van der Waals surface area contributed by atoms with Gasteiger partial charge in [0.05, 0.1) is 29.5 Å². The monoisotopic (exact) mass is 741 g/mol. The van der Waals surface area contributed by atoms with Crippen molar-refractivity contribution in [3.8, 4) is 0 Å². The minimum absolute atomic E-state index is 0.0520. The molecule has 0 atom stereocenters. The van der Waals surface area contributed by atoms with Gasteiger partial charge in [-0.1, -0.05) is 25.0 Å². The number of amides is 2. The Hall–Kier alpha value is -3.86. The van der Waals surface area contributed by atoms with E-state index in [1.165, 1.54) is 19.2 Å². The molecule has 13 nitrogen and oxygen atoms in total. The molecule has 0 bridgehead atoms. The molecule has 15 heteroatoms. The standard InChI is InChI=1S/C36H43N3O10S2/c1-7-37-28-18-16-25(51(43,44)45)23-27(28)36(4,5)30(37)12-11-13-31-35(2,3)26-22-24(50-49-48-46-6)15-17-29(26)38(31)21-10-8-9-14-34(42)47-39-32(40)19-20-33(39)41/h11-13,15-18,22-23H,7-10,14,19-21H2,1-6H3. The Bertz CT molecular complexity index is 1900. The lowest BCUT2D eigenvalue weighted by molar-refractivity contribution is -0.447. The molecule has 2 aromatic carbocycles. The van der Waals surface area contributed by atoms with Crippen molar-refractivity contribution >= 4 is 57.0 Å². The highest BCUT2D eigenvalue weighted by molar-refractivity contribution is 7.94. The maximum absolute atomic E-state index is 12.3. The molecular formula is C36H43N3O10S2. The first-order valence-corrected chi connectivity index (χ1v) is 18.9. The van der Waals surface area contributed by atoms with E-state index in [9.17, 15) is 27.4 Å². The SMILES string of the molecule is CCN1C(=CC=CC2=[N+](CCCCCC(=O)ON3C(=O)CCC3=O)c3ccc(SOOOC)cc3C2(C)C)C(C)(C)c2cc(S(=O)(=O)[O-])ccc21. The Kier molecular flexibility index (Phi) is 11.6. The fraction of sp³-hybridized carbons (Fsp3) is 0.444. The molecule has 0 aromatic heterocycles. The van der Waals surface area contributed by atoms with Crippen molar-refractivity contribution in [1.82, 2.24) is 5.06 Å². The quantitative estimate of drug-likeness (QED) is 0.0406. The smallest absolute Gasteiger partial charge is 0.333 e. The van der Waals surface area contributed by atoms with Crippen molar-refractivity contribution in [3.05, 3.63) is 71.5 Å². The van der Waals surface area contributed by atoms with E-state index >= 15 is 0 Å². The van der Waals surface area contributed by atoms with Crippen LogP contribution < -0.4 is 4.90 Å². The number of unbranched alkanes of at least 4 members (excludes halogenated alkanes) is 2. The predicted octanol–water partition coefficient (Wildman–Crippen LogP) is 5.91. The van der Waals surface area contributed by atoms with Crippen molar-refractivity contribution in [2.24, 2.45) is 0 Å². The third kappa shape index (κ3) is 7.98. The van der Waals surface area contributed by atoms with Gasteiger partial charge in [0.25, 0.3) is 11.8 Å². The average Bonchev–Trinajstić information content (AvgIpc) is 3.59. The zero-order valence-electron chi connectivity index (χ0n) is 29.6. The first kappa shape index (κ1) is 38.4. The van der Waals surface area contributed by atoms with Crippen LogP contribution in [0.4, 0.5) is 11.4 Å². The molecule has 2 aromatic rings. The Balaban J connectivity index is 1.38. The molecule has 5 rings (SSSR count). The molecule has 3 heterocycles. The number of likely N-dealkylation sites (N-methyl/N-ethyl adjacent to an activating group) is 1. The minimum atomic E-state index is -4.61. The van der Waals surface area contributed by atoms with Gasteiger partial charge in [-0.25, -0.2) is 18.1 Å². The molecule has 0 unspecified atom stereocenters. The van der Waals surface area contributed by atoms with E-state index < -0.39 is 38.7 Å². The van der Waals surface area contributed by atoms with Gasteiger partial charge >= 0.3 is 5.97 Å². The number of carbonyl (C=O) groups is 3. The van der Waals surface area contributed by atoms with Gasteiger partial charge in [0.1, 0.15) is 16.7 Å². The van der Waals surface area contributed by atoms with Gasteiger partial charge in [-0.05, 0) is 75.6 Å². The summed E-state index contributed by atoms with van der Waals surface area (Å²) in [6.45, 7) is 11.7. The largest absolute Gasteiger partial charge is 0.744 e. The third-order valence-corrected chi connectivity index (χ3v) is 10.9. The van der Waals surface area contributed by atoms with Gasteiger partial charge in [0.15, 0.2) is 5.71 Å². The Labute approximate surface area is 302 Å². The zero-order chi connectivity index (χ0) is 37.1. The second kappa shape index (κ2) is 15.4. The second-order valence-electron chi connectivity index (χ2n) is 13.5.